The van der Waals surface area contributed by atoms with Gasteiger partial charge in [0.1, 0.15) is 16.5 Å². The number of hydrogen-bond donors (Lipinski definition) is 0. The van der Waals surface area contributed by atoms with E-state index >= 15 is 0 Å². The van der Waals surface area contributed by atoms with Crippen molar-refractivity contribution in [3.05, 3.63) is 51.7 Å². The van der Waals surface area contributed by atoms with E-state index < -0.39 is 0 Å². The van der Waals surface area contributed by atoms with E-state index in [0.717, 1.165) is 56.2 Å². The molecule has 0 radical (unpaired) electrons. The normalized spacial score (nSPS) is 18.5. The van der Waals surface area contributed by atoms with Crippen molar-refractivity contribution in [1.82, 2.24) is 14.9 Å². The highest BCUT2D eigenvalue weighted by Crippen LogP contribution is 2.44. The van der Waals surface area contributed by atoms with Crippen molar-refractivity contribution in [2.45, 2.75) is 77.0 Å². The first-order valence-corrected chi connectivity index (χ1v) is 14.5. The van der Waals surface area contributed by atoms with Crippen LogP contribution < -0.4 is 4.90 Å². The Morgan fingerprint density at radius 2 is 1.77 bits per heavy atom. The number of aryl methyl sites for hydroxylation is 3. The van der Waals surface area contributed by atoms with Crippen LogP contribution in [0.25, 0.3) is 10.2 Å². The second kappa shape index (κ2) is 9.88. The largest absolute Gasteiger partial charge is 0.352 e. The number of carbonyl (C=O) groups is 1. The number of hydrogen-bond acceptors (Lipinski definition) is 5. The molecule has 3 aliphatic rings. The lowest BCUT2D eigenvalue weighted by molar-refractivity contribution is 0.0746. The van der Waals surface area contributed by atoms with E-state index in [1.807, 2.05) is 28.4 Å². The Morgan fingerprint density at radius 3 is 2.51 bits per heavy atom. The van der Waals surface area contributed by atoms with E-state index in [1.54, 1.807) is 0 Å². The lowest BCUT2D eigenvalue weighted by atomic mass is 10.1. The maximum atomic E-state index is 13.2. The van der Waals surface area contributed by atoms with Crippen LogP contribution in [0.5, 0.6) is 0 Å². The van der Waals surface area contributed by atoms with Crippen LogP contribution in [0.4, 0.5) is 5.82 Å². The molecule has 6 heteroatoms. The molecule has 2 fully saturated rings. The van der Waals surface area contributed by atoms with Crippen LogP contribution in [0, 0.1) is 0 Å². The van der Waals surface area contributed by atoms with Crippen LogP contribution in [0.2, 0.25) is 0 Å². The van der Waals surface area contributed by atoms with Gasteiger partial charge in [0, 0.05) is 42.5 Å². The summed E-state index contributed by atoms with van der Waals surface area (Å²) >= 11 is 1.92. The first-order valence-electron chi connectivity index (χ1n) is 13.7. The number of benzene rings is 1. The SMILES string of the molecule is CCCCc1ccc(C(=O)N2CCN(c3nc(C4CC4)nc4sc5c(c34)CCCCC5)CC2)cc1. The number of thiophene rings is 1. The first-order chi connectivity index (χ1) is 17.2. The van der Waals surface area contributed by atoms with Crippen molar-refractivity contribution in [1.29, 1.82) is 0 Å². The molecule has 0 bridgehead atoms. The fourth-order valence-electron chi connectivity index (χ4n) is 5.58. The third-order valence-corrected chi connectivity index (χ3v) is 9.08. The van der Waals surface area contributed by atoms with Gasteiger partial charge in [-0.05, 0) is 74.6 Å². The summed E-state index contributed by atoms with van der Waals surface area (Å²) in [6, 6.07) is 8.27. The van der Waals surface area contributed by atoms with Gasteiger partial charge < -0.3 is 9.80 Å². The zero-order chi connectivity index (χ0) is 23.8. The highest BCUT2D eigenvalue weighted by Gasteiger charge is 2.32. The van der Waals surface area contributed by atoms with Gasteiger partial charge in [-0.15, -0.1) is 11.3 Å². The van der Waals surface area contributed by atoms with E-state index in [4.69, 9.17) is 9.97 Å². The monoisotopic (exact) mass is 488 g/mol. The summed E-state index contributed by atoms with van der Waals surface area (Å²) in [4.78, 5) is 30.6. The summed E-state index contributed by atoms with van der Waals surface area (Å²) in [6.07, 6.45) is 12.1. The number of anilines is 1. The number of piperazine rings is 1. The number of amides is 1. The van der Waals surface area contributed by atoms with E-state index in [2.05, 4.69) is 24.0 Å². The predicted octanol–water partition coefficient (Wildman–Crippen LogP) is 6.14. The molecular formula is C29H36N4OS. The molecule has 1 amide bonds. The van der Waals surface area contributed by atoms with Crippen molar-refractivity contribution in [2.24, 2.45) is 0 Å². The van der Waals surface area contributed by atoms with Gasteiger partial charge in [-0.3, -0.25) is 4.79 Å². The summed E-state index contributed by atoms with van der Waals surface area (Å²) in [5, 5.41) is 1.32. The second-order valence-corrected chi connectivity index (χ2v) is 11.6. The Labute approximate surface area is 212 Å². The van der Waals surface area contributed by atoms with E-state index in [9.17, 15) is 4.79 Å². The van der Waals surface area contributed by atoms with Crippen LogP contribution >= 0.6 is 11.3 Å². The predicted molar refractivity (Wildman–Crippen MR) is 144 cm³/mol. The number of unbranched alkanes of at least 4 members (excludes halogenated alkanes) is 1. The van der Waals surface area contributed by atoms with Gasteiger partial charge in [0.2, 0.25) is 0 Å². The minimum atomic E-state index is 0.155. The minimum Gasteiger partial charge on any atom is -0.352 e. The Balaban J connectivity index is 1.22. The van der Waals surface area contributed by atoms with Crippen molar-refractivity contribution < 1.29 is 4.79 Å². The van der Waals surface area contributed by atoms with Crippen molar-refractivity contribution in [3.63, 3.8) is 0 Å². The van der Waals surface area contributed by atoms with Crippen LogP contribution in [0.15, 0.2) is 24.3 Å². The smallest absolute Gasteiger partial charge is 0.253 e. The molecule has 0 unspecified atom stereocenters. The van der Waals surface area contributed by atoms with Crippen LogP contribution in [0.1, 0.15) is 90.0 Å². The molecule has 6 rings (SSSR count). The van der Waals surface area contributed by atoms with Gasteiger partial charge in [-0.2, -0.15) is 0 Å². The summed E-state index contributed by atoms with van der Waals surface area (Å²) in [5.41, 5.74) is 3.64. The molecule has 5 nitrogen and oxygen atoms in total. The minimum absolute atomic E-state index is 0.155. The van der Waals surface area contributed by atoms with E-state index in [1.165, 1.54) is 77.6 Å². The van der Waals surface area contributed by atoms with E-state index in [0.29, 0.717) is 5.92 Å². The lowest BCUT2D eigenvalue weighted by Gasteiger charge is -2.36. The highest BCUT2D eigenvalue weighted by molar-refractivity contribution is 7.19. The van der Waals surface area contributed by atoms with Gasteiger partial charge >= 0.3 is 0 Å². The molecule has 35 heavy (non-hydrogen) atoms. The summed E-state index contributed by atoms with van der Waals surface area (Å²) in [6.45, 7) is 5.37. The van der Waals surface area contributed by atoms with Gasteiger partial charge in [-0.1, -0.05) is 31.9 Å². The van der Waals surface area contributed by atoms with E-state index in [-0.39, 0.29) is 5.91 Å². The molecule has 2 aromatic heterocycles. The van der Waals surface area contributed by atoms with Crippen molar-refractivity contribution in [2.75, 3.05) is 31.1 Å². The molecular weight excluding hydrogens is 452 g/mol. The number of aromatic nitrogens is 2. The first kappa shape index (κ1) is 23.0. The quantitative estimate of drug-likeness (QED) is 0.391. The molecule has 0 atom stereocenters. The zero-order valence-corrected chi connectivity index (χ0v) is 21.7. The molecule has 3 heterocycles. The Kier molecular flexibility index (Phi) is 6.48. The van der Waals surface area contributed by atoms with Gasteiger partial charge in [0.05, 0.1) is 5.39 Å². The number of nitrogens with zero attached hydrogens (tertiary/aromatic N) is 4. The standard InChI is InChI=1S/C29H36N4OS/c1-2-3-7-20-10-12-22(13-11-20)29(34)33-18-16-32(17-19-33)27-25-23-8-5-4-6-9-24(23)35-28(25)31-26(30-27)21-14-15-21/h10-13,21H,2-9,14-19H2,1H3. The molecule has 2 aliphatic carbocycles. The second-order valence-electron chi connectivity index (χ2n) is 10.5. The molecule has 1 aliphatic heterocycles. The molecule has 0 N–H and O–H groups in total. The third-order valence-electron chi connectivity index (χ3n) is 7.89. The molecule has 1 aromatic carbocycles. The third kappa shape index (κ3) is 4.69. The average Bonchev–Trinajstić information content (AvgIpc) is 3.72. The maximum Gasteiger partial charge on any atom is 0.253 e. The highest BCUT2D eigenvalue weighted by atomic mass is 32.1. The number of carbonyl (C=O) groups excluding carboxylic acids is 1. The van der Waals surface area contributed by atoms with Crippen molar-refractivity contribution >= 4 is 33.3 Å². The zero-order valence-electron chi connectivity index (χ0n) is 20.9. The fraction of sp³-hybridized carbons (Fsp3) is 0.552. The van der Waals surface area contributed by atoms with Crippen LogP contribution in [0.3, 0.4) is 0 Å². The topological polar surface area (TPSA) is 49.3 Å². The average molecular weight is 489 g/mol. The lowest BCUT2D eigenvalue weighted by Crippen LogP contribution is -2.49. The maximum absolute atomic E-state index is 13.2. The molecule has 1 saturated carbocycles. The Hall–Kier alpha value is -2.47. The molecule has 3 aromatic rings. The van der Waals surface area contributed by atoms with Gasteiger partial charge in [-0.25, -0.2) is 9.97 Å². The Morgan fingerprint density at radius 1 is 1.00 bits per heavy atom. The summed E-state index contributed by atoms with van der Waals surface area (Å²) in [5.74, 6) is 2.89. The molecule has 184 valence electrons. The van der Waals surface area contributed by atoms with Crippen molar-refractivity contribution in [3.8, 4) is 0 Å². The van der Waals surface area contributed by atoms with Gasteiger partial charge in [0.15, 0.2) is 0 Å². The molecule has 1 saturated heterocycles. The number of rotatable bonds is 6. The Bertz CT molecular complexity index is 1210. The summed E-state index contributed by atoms with van der Waals surface area (Å²) in [7, 11) is 0. The number of fused-ring (bicyclic) bond motifs is 3. The molecule has 0 spiro atoms. The summed E-state index contributed by atoms with van der Waals surface area (Å²) < 4.78 is 0. The van der Waals surface area contributed by atoms with Gasteiger partial charge in [0.25, 0.3) is 5.91 Å². The fourth-order valence-corrected chi connectivity index (χ4v) is 6.85. The van der Waals surface area contributed by atoms with Crippen LogP contribution in [-0.2, 0) is 19.3 Å². The van der Waals surface area contributed by atoms with Crippen LogP contribution in [-0.4, -0.2) is 47.0 Å².